The number of carbonyl (C=O) groups excluding carboxylic acids is 1. The highest BCUT2D eigenvalue weighted by Gasteiger charge is 2.25. The van der Waals surface area contributed by atoms with Crippen LogP contribution in [0.15, 0.2) is 5.38 Å². The van der Waals surface area contributed by atoms with Crippen molar-refractivity contribution in [3.63, 3.8) is 0 Å². The highest BCUT2D eigenvalue weighted by Crippen LogP contribution is 2.26. The van der Waals surface area contributed by atoms with Crippen molar-refractivity contribution >= 4 is 17.2 Å². The average molecular weight is 281 g/mol. The minimum Gasteiger partial charge on any atom is -0.356 e. The van der Waals surface area contributed by atoms with Crippen molar-refractivity contribution in [2.75, 3.05) is 6.54 Å². The van der Waals surface area contributed by atoms with Crippen LogP contribution in [0.5, 0.6) is 0 Å². The molecule has 0 aromatic carbocycles. The maximum atomic E-state index is 11.8. The number of aromatic nitrogens is 1. The van der Waals surface area contributed by atoms with E-state index in [-0.39, 0.29) is 11.9 Å². The zero-order valence-corrected chi connectivity index (χ0v) is 12.3. The van der Waals surface area contributed by atoms with E-state index in [0.717, 1.165) is 37.8 Å². The Morgan fingerprint density at radius 3 is 3.05 bits per heavy atom. The molecule has 4 nitrogen and oxygen atoms in total. The van der Waals surface area contributed by atoms with Gasteiger partial charge >= 0.3 is 0 Å². The molecule has 5 heteroatoms. The predicted molar refractivity (Wildman–Crippen MR) is 78.1 cm³/mol. The zero-order chi connectivity index (χ0) is 13.7. The van der Waals surface area contributed by atoms with Gasteiger partial charge in [-0.1, -0.05) is 13.3 Å². The summed E-state index contributed by atoms with van der Waals surface area (Å²) in [6, 6.07) is 0.219. The zero-order valence-electron chi connectivity index (χ0n) is 11.5. The first-order valence-corrected chi connectivity index (χ1v) is 8.02. The average Bonchev–Trinajstić information content (AvgIpc) is 2.99. The molecular formula is C14H23N3OS. The highest BCUT2D eigenvalue weighted by atomic mass is 32.1. The number of rotatable bonds is 6. The van der Waals surface area contributed by atoms with Crippen molar-refractivity contribution in [1.82, 2.24) is 10.3 Å². The lowest BCUT2D eigenvalue weighted by atomic mass is 10.00. The number of hydrogen-bond acceptors (Lipinski definition) is 4. The van der Waals surface area contributed by atoms with Crippen molar-refractivity contribution in [1.29, 1.82) is 0 Å². The first kappa shape index (κ1) is 14.5. The molecule has 2 rings (SSSR count). The lowest BCUT2D eigenvalue weighted by Crippen LogP contribution is -2.32. The van der Waals surface area contributed by atoms with Crippen molar-refractivity contribution < 1.29 is 4.79 Å². The molecule has 0 saturated heterocycles. The maximum absolute atomic E-state index is 11.8. The Morgan fingerprint density at radius 2 is 2.42 bits per heavy atom. The topological polar surface area (TPSA) is 68.0 Å². The fourth-order valence-corrected chi connectivity index (χ4v) is 3.36. The van der Waals surface area contributed by atoms with Crippen LogP contribution in [0.4, 0.5) is 0 Å². The molecule has 1 saturated carbocycles. The van der Waals surface area contributed by atoms with Gasteiger partial charge in [0.25, 0.3) is 0 Å². The monoisotopic (exact) mass is 281 g/mol. The van der Waals surface area contributed by atoms with Crippen molar-refractivity contribution in [3.8, 4) is 0 Å². The van der Waals surface area contributed by atoms with E-state index >= 15 is 0 Å². The van der Waals surface area contributed by atoms with Gasteiger partial charge in [0.05, 0.1) is 10.7 Å². The molecule has 0 bridgehead atoms. The number of thiazole rings is 1. The number of carbonyl (C=O) groups is 1. The SMILES string of the molecule is CCc1nc(CCNC(=O)C[C@@H]2CCC[C@H]2N)cs1. The molecule has 1 aliphatic rings. The summed E-state index contributed by atoms with van der Waals surface area (Å²) in [5.41, 5.74) is 7.06. The molecule has 1 amide bonds. The summed E-state index contributed by atoms with van der Waals surface area (Å²) in [6.45, 7) is 2.78. The van der Waals surface area contributed by atoms with Crippen LogP contribution in [-0.4, -0.2) is 23.5 Å². The molecule has 0 unspecified atom stereocenters. The van der Waals surface area contributed by atoms with Crippen LogP contribution in [-0.2, 0) is 17.6 Å². The Balaban J connectivity index is 1.66. The van der Waals surface area contributed by atoms with Gasteiger partial charge in [0.1, 0.15) is 0 Å². The second-order valence-corrected chi connectivity index (χ2v) is 6.19. The van der Waals surface area contributed by atoms with Crippen LogP contribution in [0.3, 0.4) is 0 Å². The Labute approximate surface area is 118 Å². The molecule has 2 atom stereocenters. The number of nitrogens with one attached hydrogen (secondary N) is 1. The van der Waals surface area contributed by atoms with Gasteiger partial charge in [0, 0.05) is 30.8 Å². The standard InChI is InChI=1S/C14H23N3OS/c1-2-14-17-11(9-19-14)6-7-16-13(18)8-10-4-3-5-12(10)15/h9-10,12H,2-8,15H2,1H3,(H,16,18)/t10-,12+/m0/s1. The van der Waals surface area contributed by atoms with E-state index in [4.69, 9.17) is 5.73 Å². The van der Waals surface area contributed by atoms with Gasteiger partial charge in [0.2, 0.25) is 5.91 Å². The van der Waals surface area contributed by atoms with Crippen LogP contribution < -0.4 is 11.1 Å². The van der Waals surface area contributed by atoms with Crippen molar-refractivity contribution in [2.45, 2.75) is 51.5 Å². The molecule has 1 heterocycles. The van der Waals surface area contributed by atoms with Crippen LogP contribution in [0, 0.1) is 5.92 Å². The minimum absolute atomic E-state index is 0.133. The minimum atomic E-state index is 0.133. The third-order valence-corrected chi connectivity index (χ3v) is 4.81. The third kappa shape index (κ3) is 4.28. The smallest absolute Gasteiger partial charge is 0.220 e. The van der Waals surface area contributed by atoms with Gasteiger partial charge in [-0.3, -0.25) is 4.79 Å². The Kier molecular flexibility index (Phi) is 5.34. The van der Waals surface area contributed by atoms with Crippen LogP contribution in [0.25, 0.3) is 0 Å². The Hall–Kier alpha value is -0.940. The van der Waals surface area contributed by atoms with E-state index in [1.807, 2.05) is 0 Å². The van der Waals surface area contributed by atoms with E-state index in [0.29, 0.717) is 18.9 Å². The Morgan fingerprint density at radius 1 is 1.58 bits per heavy atom. The normalized spacial score (nSPS) is 22.6. The molecule has 1 fully saturated rings. The summed E-state index contributed by atoms with van der Waals surface area (Å²) >= 11 is 1.69. The molecule has 0 aliphatic heterocycles. The van der Waals surface area contributed by atoms with E-state index in [2.05, 4.69) is 22.6 Å². The van der Waals surface area contributed by atoms with Crippen LogP contribution in [0.1, 0.15) is 43.3 Å². The number of hydrogen-bond donors (Lipinski definition) is 2. The molecule has 0 spiro atoms. The quantitative estimate of drug-likeness (QED) is 0.836. The maximum Gasteiger partial charge on any atom is 0.220 e. The van der Waals surface area contributed by atoms with E-state index < -0.39 is 0 Å². The molecule has 1 aromatic rings. The molecule has 1 aliphatic carbocycles. The van der Waals surface area contributed by atoms with Gasteiger partial charge < -0.3 is 11.1 Å². The number of nitrogens with two attached hydrogens (primary N) is 1. The van der Waals surface area contributed by atoms with Crippen LogP contribution in [0.2, 0.25) is 0 Å². The lowest BCUT2D eigenvalue weighted by molar-refractivity contribution is -0.122. The summed E-state index contributed by atoms with van der Waals surface area (Å²) < 4.78 is 0. The molecule has 3 N–H and O–H groups in total. The fraction of sp³-hybridized carbons (Fsp3) is 0.714. The van der Waals surface area contributed by atoms with Gasteiger partial charge in [0.15, 0.2) is 0 Å². The second-order valence-electron chi connectivity index (χ2n) is 5.25. The first-order chi connectivity index (χ1) is 9.19. The molecule has 1 aromatic heterocycles. The predicted octanol–water partition coefficient (Wildman–Crippen LogP) is 1.88. The number of aryl methyl sites for hydroxylation is 1. The Bertz CT molecular complexity index is 419. The summed E-state index contributed by atoms with van der Waals surface area (Å²) in [7, 11) is 0. The second kappa shape index (κ2) is 7.01. The highest BCUT2D eigenvalue weighted by molar-refractivity contribution is 7.09. The van der Waals surface area contributed by atoms with Gasteiger partial charge in [-0.25, -0.2) is 4.98 Å². The summed E-state index contributed by atoms with van der Waals surface area (Å²) in [4.78, 5) is 16.3. The van der Waals surface area contributed by atoms with Crippen molar-refractivity contribution in [2.24, 2.45) is 11.7 Å². The lowest BCUT2D eigenvalue weighted by Gasteiger charge is -2.14. The third-order valence-electron chi connectivity index (χ3n) is 3.77. The molecule has 0 radical (unpaired) electrons. The van der Waals surface area contributed by atoms with E-state index in [9.17, 15) is 4.79 Å². The largest absolute Gasteiger partial charge is 0.356 e. The summed E-state index contributed by atoms with van der Waals surface area (Å²) in [5.74, 6) is 0.513. The van der Waals surface area contributed by atoms with Gasteiger partial charge in [-0.2, -0.15) is 0 Å². The summed E-state index contributed by atoms with van der Waals surface area (Å²) in [6.07, 6.45) is 5.71. The van der Waals surface area contributed by atoms with Crippen LogP contribution >= 0.6 is 11.3 Å². The number of nitrogens with zero attached hydrogens (tertiary/aromatic N) is 1. The molecular weight excluding hydrogens is 258 g/mol. The van der Waals surface area contributed by atoms with E-state index in [1.165, 1.54) is 5.01 Å². The summed E-state index contributed by atoms with van der Waals surface area (Å²) in [5, 5.41) is 6.22. The molecule has 19 heavy (non-hydrogen) atoms. The van der Waals surface area contributed by atoms with E-state index in [1.54, 1.807) is 11.3 Å². The van der Waals surface area contributed by atoms with Crippen molar-refractivity contribution in [3.05, 3.63) is 16.1 Å². The first-order valence-electron chi connectivity index (χ1n) is 7.14. The molecule has 106 valence electrons. The number of amides is 1. The fourth-order valence-electron chi connectivity index (χ4n) is 2.59. The van der Waals surface area contributed by atoms with Gasteiger partial charge in [-0.15, -0.1) is 11.3 Å². The van der Waals surface area contributed by atoms with Gasteiger partial charge in [-0.05, 0) is 25.2 Å².